The van der Waals surface area contributed by atoms with Crippen LogP contribution in [0.15, 0.2) is 30.3 Å². The Kier molecular flexibility index (Phi) is 5.20. The SMILES string of the molecule is CC(=O)c1c(C)cc(C)c(CN2C(=O)NC(C)(c3ccc([N+](=O)[O-])cc3)C2=O)c1C. The van der Waals surface area contributed by atoms with E-state index < -0.39 is 22.4 Å². The van der Waals surface area contributed by atoms with E-state index in [2.05, 4.69) is 5.32 Å². The first-order valence-corrected chi connectivity index (χ1v) is 9.47. The van der Waals surface area contributed by atoms with Gasteiger partial charge in [-0.3, -0.25) is 24.6 Å². The van der Waals surface area contributed by atoms with Crippen molar-refractivity contribution in [3.63, 3.8) is 0 Å². The van der Waals surface area contributed by atoms with Crippen LogP contribution in [0.3, 0.4) is 0 Å². The second-order valence-corrected chi connectivity index (χ2v) is 7.80. The Morgan fingerprint density at radius 3 is 2.27 bits per heavy atom. The quantitative estimate of drug-likeness (QED) is 0.350. The van der Waals surface area contributed by atoms with E-state index in [-0.39, 0.29) is 18.0 Å². The summed E-state index contributed by atoms with van der Waals surface area (Å²) in [7, 11) is 0. The largest absolute Gasteiger partial charge is 0.325 e. The van der Waals surface area contributed by atoms with Crippen LogP contribution in [0.4, 0.5) is 10.5 Å². The molecule has 8 nitrogen and oxygen atoms in total. The van der Waals surface area contributed by atoms with Gasteiger partial charge in [-0.1, -0.05) is 6.07 Å². The number of carbonyl (C=O) groups is 3. The van der Waals surface area contributed by atoms with Gasteiger partial charge < -0.3 is 5.32 Å². The van der Waals surface area contributed by atoms with Gasteiger partial charge in [0.2, 0.25) is 0 Å². The molecule has 0 aromatic heterocycles. The summed E-state index contributed by atoms with van der Waals surface area (Å²) in [4.78, 5) is 49.4. The molecule has 1 heterocycles. The number of benzene rings is 2. The molecule has 0 bridgehead atoms. The number of Topliss-reactive ketones (excluding diaryl/α,β-unsaturated/α-hetero) is 1. The van der Waals surface area contributed by atoms with Crippen LogP contribution in [-0.2, 0) is 16.9 Å². The molecule has 3 rings (SSSR count). The predicted molar refractivity (Wildman–Crippen MR) is 110 cm³/mol. The van der Waals surface area contributed by atoms with Crippen LogP contribution in [0.25, 0.3) is 0 Å². The van der Waals surface area contributed by atoms with Crippen LogP contribution in [0.1, 0.15) is 52.0 Å². The average Bonchev–Trinajstić information content (AvgIpc) is 2.88. The molecule has 0 saturated carbocycles. The Balaban J connectivity index is 1.97. The van der Waals surface area contributed by atoms with Crippen molar-refractivity contribution in [2.45, 2.75) is 46.7 Å². The molecule has 2 aromatic rings. The van der Waals surface area contributed by atoms with Gasteiger partial charge in [-0.25, -0.2) is 4.79 Å². The Bertz CT molecular complexity index is 1090. The number of rotatable bonds is 5. The van der Waals surface area contributed by atoms with Gasteiger partial charge in [-0.15, -0.1) is 0 Å². The standard InChI is InChI=1S/C22H23N3O5/c1-12-10-13(2)19(15(4)26)14(3)18(12)11-24-20(27)22(5,23-21(24)28)16-6-8-17(9-7-16)25(29)30/h6-10H,11H2,1-5H3,(H,23,28). The number of imide groups is 1. The fourth-order valence-corrected chi connectivity index (χ4v) is 4.12. The number of ketones is 1. The maximum atomic E-state index is 13.2. The second-order valence-electron chi connectivity index (χ2n) is 7.80. The molecule has 1 aliphatic heterocycles. The number of nitrogens with one attached hydrogen (secondary N) is 1. The molecule has 1 N–H and O–H groups in total. The molecule has 1 saturated heterocycles. The second kappa shape index (κ2) is 7.37. The highest BCUT2D eigenvalue weighted by atomic mass is 16.6. The summed E-state index contributed by atoms with van der Waals surface area (Å²) in [6.07, 6.45) is 0. The van der Waals surface area contributed by atoms with Crippen LogP contribution in [0, 0.1) is 30.9 Å². The van der Waals surface area contributed by atoms with E-state index in [4.69, 9.17) is 0 Å². The number of aryl methyl sites for hydroxylation is 2. The molecule has 8 heteroatoms. The van der Waals surface area contributed by atoms with Crippen LogP contribution in [0.5, 0.6) is 0 Å². The van der Waals surface area contributed by atoms with Crippen LogP contribution in [-0.4, -0.2) is 27.5 Å². The average molecular weight is 409 g/mol. The van der Waals surface area contributed by atoms with E-state index >= 15 is 0 Å². The lowest BCUT2D eigenvalue weighted by Crippen LogP contribution is -2.40. The number of amides is 3. The number of carbonyl (C=O) groups excluding carboxylic acids is 3. The van der Waals surface area contributed by atoms with Gasteiger partial charge in [0, 0.05) is 17.7 Å². The Labute approximate surface area is 174 Å². The molecular weight excluding hydrogens is 386 g/mol. The first-order valence-electron chi connectivity index (χ1n) is 9.47. The number of hydrogen-bond donors (Lipinski definition) is 1. The molecule has 1 fully saturated rings. The fourth-order valence-electron chi connectivity index (χ4n) is 4.12. The van der Waals surface area contributed by atoms with Crippen molar-refractivity contribution in [3.05, 3.63) is 73.8 Å². The first-order chi connectivity index (χ1) is 14.0. The Morgan fingerprint density at radius 1 is 1.13 bits per heavy atom. The molecule has 3 amide bonds. The number of non-ortho nitro benzene ring substituents is 1. The molecule has 2 aromatic carbocycles. The third-order valence-corrected chi connectivity index (χ3v) is 5.73. The van der Waals surface area contributed by atoms with Crippen molar-refractivity contribution >= 4 is 23.4 Å². The highest BCUT2D eigenvalue weighted by Crippen LogP contribution is 2.32. The number of urea groups is 1. The molecule has 0 aliphatic carbocycles. The number of nitro benzene ring substituents is 1. The van der Waals surface area contributed by atoms with E-state index in [9.17, 15) is 24.5 Å². The van der Waals surface area contributed by atoms with Crippen LogP contribution < -0.4 is 5.32 Å². The summed E-state index contributed by atoms with van der Waals surface area (Å²) in [5.41, 5.74) is 2.87. The first kappa shape index (κ1) is 21.2. The smallest absolute Gasteiger partial charge is 0.319 e. The van der Waals surface area contributed by atoms with Crippen molar-refractivity contribution in [1.82, 2.24) is 10.2 Å². The summed E-state index contributed by atoms with van der Waals surface area (Å²) >= 11 is 0. The van der Waals surface area contributed by atoms with Crippen molar-refractivity contribution in [1.29, 1.82) is 0 Å². The van der Waals surface area contributed by atoms with Gasteiger partial charge in [0.15, 0.2) is 5.78 Å². The number of hydrogen-bond acceptors (Lipinski definition) is 5. The topological polar surface area (TPSA) is 110 Å². The van der Waals surface area contributed by atoms with Gasteiger partial charge in [0.1, 0.15) is 5.54 Å². The molecule has 30 heavy (non-hydrogen) atoms. The highest BCUT2D eigenvalue weighted by Gasteiger charge is 2.49. The van der Waals surface area contributed by atoms with Crippen molar-refractivity contribution < 1.29 is 19.3 Å². The van der Waals surface area contributed by atoms with E-state index in [0.29, 0.717) is 11.1 Å². The van der Waals surface area contributed by atoms with Crippen molar-refractivity contribution in [3.8, 4) is 0 Å². The summed E-state index contributed by atoms with van der Waals surface area (Å²) in [6, 6.07) is 6.87. The lowest BCUT2D eigenvalue weighted by Gasteiger charge is -2.23. The predicted octanol–water partition coefficient (Wildman–Crippen LogP) is 3.69. The normalized spacial score (nSPS) is 18.5. The van der Waals surface area contributed by atoms with Crippen LogP contribution >= 0.6 is 0 Å². The fraction of sp³-hybridized carbons (Fsp3) is 0.318. The molecule has 1 atom stereocenters. The van der Waals surface area contributed by atoms with Gasteiger partial charge in [0.25, 0.3) is 11.6 Å². The van der Waals surface area contributed by atoms with Crippen molar-refractivity contribution in [2.24, 2.45) is 0 Å². The third kappa shape index (κ3) is 3.34. The number of nitrogens with zero attached hydrogens (tertiary/aromatic N) is 2. The zero-order chi connectivity index (χ0) is 22.4. The summed E-state index contributed by atoms with van der Waals surface area (Å²) in [5.74, 6) is -0.524. The molecule has 156 valence electrons. The maximum absolute atomic E-state index is 13.2. The lowest BCUT2D eigenvalue weighted by atomic mass is 9.90. The zero-order valence-corrected chi connectivity index (χ0v) is 17.5. The van der Waals surface area contributed by atoms with Gasteiger partial charge >= 0.3 is 6.03 Å². The molecular formula is C22H23N3O5. The molecule has 0 radical (unpaired) electrons. The Morgan fingerprint density at radius 2 is 1.73 bits per heavy atom. The Hall–Kier alpha value is -3.55. The van der Waals surface area contributed by atoms with E-state index in [1.165, 1.54) is 31.2 Å². The van der Waals surface area contributed by atoms with E-state index in [1.807, 2.05) is 26.8 Å². The van der Waals surface area contributed by atoms with Gasteiger partial charge in [-0.05, 0) is 74.6 Å². The van der Waals surface area contributed by atoms with Crippen LogP contribution in [0.2, 0.25) is 0 Å². The van der Waals surface area contributed by atoms with Gasteiger partial charge in [-0.2, -0.15) is 0 Å². The summed E-state index contributed by atoms with van der Waals surface area (Å²) in [5, 5.41) is 13.6. The monoisotopic (exact) mass is 409 g/mol. The van der Waals surface area contributed by atoms with Gasteiger partial charge in [0.05, 0.1) is 11.5 Å². The molecule has 1 aliphatic rings. The molecule has 1 unspecified atom stereocenters. The van der Waals surface area contributed by atoms with E-state index in [0.717, 1.165) is 27.2 Å². The minimum atomic E-state index is -1.33. The van der Waals surface area contributed by atoms with Crippen molar-refractivity contribution in [2.75, 3.05) is 0 Å². The number of nitro groups is 1. The minimum Gasteiger partial charge on any atom is -0.319 e. The summed E-state index contributed by atoms with van der Waals surface area (Å²) in [6.45, 7) is 8.66. The highest BCUT2D eigenvalue weighted by molar-refractivity contribution is 6.07. The lowest BCUT2D eigenvalue weighted by molar-refractivity contribution is -0.384. The zero-order valence-electron chi connectivity index (χ0n) is 17.5. The molecule has 0 spiro atoms. The minimum absolute atomic E-state index is 0.0332. The third-order valence-electron chi connectivity index (χ3n) is 5.73. The maximum Gasteiger partial charge on any atom is 0.325 e. The summed E-state index contributed by atoms with van der Waals surface area (Å²) < 4.78 is 0. The van der Waals surface area contributed by atoms with E-state index in [1.54, 1.807) is 6.92 Å².